The molecule has 154 valence electrons. The van der Waals surface area contributed by atoms with Crippen molar-refractivity contribution in [3.8, 4) is 11.5 Å². The number of amides is 1. The number of hydrogen-bond acceptors (Lipinski definition) is 6. The number of ether oxygens (including phenoxy) is 2. The minimum Gasteiger partial charge on any atom is -0.490 e. The van der Waals surface area contributed by atoms with Crippen molar-refractivity contribution >= 4 is 35.1 Å². The molecule has 0 aliphatic heterocycles. The topological polar surface area (TPSA) is 93.1 Å². The lowest BCUT2D eigenvalue weighted by Gasteiger charge is -2.20. The van der Waals surface area contributed by atoms with Gasteiger partial charge in [0.25, 0.3) is 5.91 Å². The smallest absolute Gasteiger partial charge is 0.345 e. The highest BCUT2D eigenvalue weighted by molar-refractivity contribution is 7.16. The fourth-order valence-electron chi connectivity index (χ4n) is 2.44. The molecule has 0 fully saturated rings. The van der Waals surface area contributed by atoms with E-state index in [9.17, 15) is 14.4 Å². The number of carbonyl (C=O) groups excluding carboxylic acids is 2. The Hall–Kier alpha value is -3.13. The molecule has 1 N–H and O–H groups in total. The molecule has 0 saturated heterocycles. The largest absolute Gasteiger partial charge is 0.490 e. The molecule has 1 aromatic carbocycles. The summed E-state index contributed by atoms with van der Waals surface area (Å²) in [6.45, 7) is 3.91. The molecule has 0 radical (unpaired) electrons. The maximum atomic E-state index is 12.2. The zero-order valence-corrected chi connectivity index (χ0v) is 17.5. The van der Waals surface area contributed by atoms with Gasteiger partial charge in [0.15, 0.2) is 23.4 Å². The lowest BCUT2D eigenvalue weighted by Crippen LogP contribution is -2.35. The molecule has 0 aliphatic carbocycles. The van der Waals surface area contributed by atoms with Gasteiger partial charge >= 0.3 is 5.97 Å². The fourth-order valence-corrected chi connectivity index (χ4v) is 3.20. The van der Waals surface area contributed by atoms with Gasteiger partial charge in [-0.3, -0.25) is 9.59 Å². The van der Waals surface area contributed by atoms with Crippen molar-refractivity contribution in [1.82, 2.24) is 4.90 Å². The SMILES string of the molecule is CCOc1cc(/C=C/C(=O)c2ccc(C(=O)O)s2)ccc1O[C@@H](C)C(=O)N(C)C. The molecule has 7 nitrogen and oxygen atoms in total. The van der Waals surface area contributed by atoms with E-state index in [0.717, 1.165) is 11.3 Å². The van der Waals surface area contributed by atoms with Gasteiger partial charge < -0.3 is 19.5 Å². The Bertz CT molecular complexity index is 931. The van der Waals surface area contributed by atoms with Crippen LogP contribution in [-0.4, -0.2) is 54.5 Å². The van der Waals surface area contributed by atoms with Crippen LogP contribution in [0.25, 0.3) is 6.08 Å². The van der Waals surface area contributed by atoms with Crippen molar-refractivity contribution in [3.05, 3.63) is 51.7 Å². The number of allylic oxidation sites excluding steroid dienone is 1. The van der Waals surface area contributed by atoms with Crippen LogP contribution in [0.1, 0.15) is 38.8 Å². The van der Waals surface area contributed by atoms with Crippen LogP contribution in [0.2, 0.25) is 0 Å². The molecule has 1 aromatic heterocycles. The van der Waals surface area contributed by atoms with Crippen molar-refractivity contribution in [3.63, 3.8) is 0 Å². The Balaban J connectivity index is 2.17. The first-order valence-corrected chi connectivity index (χ1v) is 9.74. The van der Waals surface area contributed by atoms with Gasteiger partial charge in [0.05, 0.1) is 11.5 Å². The van der Waals surface area contributed by atoms with E-state index in [1.807, 2.05) is 6.92 Å². The molecule has 0 bridgehead atoms. The Morgan fingerprint density at radius 2 is 1.83 bits per heavy atom. The van der Waals surface area contributed by atoms with E-state index in [2.05, 4.69) is 0 Å². The summed E-state index contributed by atoms with van der Waals surface area (Å²) in [5.41, 5.74) is 0.704. The number of aromatic carboxylic acids is 1. The normalized spacial score (nSPS) is 11.9. The lowest BCUT2D eigenvalue weighted by atomic mass is 10.1. The van der Waals surface area contributed by atoms with Crippen molar-refractivity contribution in [1.29, 1.82) is 0 Å². The summed E-state index contributed by atoms with van der Waals surface area (Å²) in [6, 6.07) is 8.04. The second-order valence-corrected chi connectivity index (χ2v) is 7.38. The Kier molecular flexibility index (Phi) is 7.55. The molecule has 1 amide bonds. The molecule has 29 heavy (non-hydrogen) atoms. The third-order valence-electron chi connectivity index (χ3n) is 3.85. The third kappa shape index (κ3) is 5.92. The van der Waals surface area contributed by atoms with E-state index in [0.29, 0.717) is 28.5 Å². The summed E-state index contributed by atoms with van der Waals surface area (Å²) in [6.07, 6.45) is 2.32. The fraction of sp³-hybridized carbons (Fsp3) is 0.286. The number of ketones is 1. The van der Waals surface area contributed by atoms with Crippen molar-refractivity contribution < 1.29 is 29.0 Å². The number of benzene rings is 1. The van der Waals surface area contributed by atoms with Crippen molar-refractivity contribution in [2.45, 2.75) is 20.0 Å². The predicted molar refractivity (Wildman–Crippen MR) is 111 cm³/mol. The number of carboxylic acids is 1. The van der Waals surface area contributed by atoms with Gasteiger partial charge in [-0.25, -0.2) is 4.79 Å². The minimum absolute atomic E-state index is 0.114. The maximum Gasteiger partial charge on any atom is 0.345 e. The van der Waals surface area contributed by atoms with Crippen LogP contribution in [0.15, 0.2) is 36.4 Å². The zero-order chi connectivity index (χ0) is 21.6. The summed E-state index contributed by atoms with van der Waals surface area (Å²) in [4.78, 5) is 37.1. The summed E-state index contributed by atoms with van der Waals surface area (Å²) >= 11 is 0.929. The number of likely N-dealkylation sites (N-methyl/N-ethyl adjacent to an activating group) is 1. The monoisotopic (exact) mass is 417 g/mol. The van der Waals surface area contributed by atoms with Gasteiger partial charge in [-0.05, 0) is 49.8 Å². The second kappa shape index (κ2) is 9.88. The summed E-state index contributed by atoms with van der Waals surface area (Å²) < 4.78 is 11.3. The van der Waals surface area contributed by atoms with Crippen LogP contribution in [0.5, 0.6) is 11.5 Å². The molecule has 0 spiro atoms. The number of carboxylic acid groups (broad SMARTS) is 1. The van der Waals surface area contributed by atoms with Crippen LogP contribution in [-0.2, 0) is 4.79 Å². The highest BCUT2D eigenvalue weighted by atomic mass is 32.1. The lowest BCUT2D eigenvalue weighted by molar-refractivity contribution is -0.135. The van der Waals surface area contributed by atoms with Crippen LogP contribution in [0.3, 0.4) is 0 Å². The first kappa shape index (κ1) is 22.2. The molecule has 0 aliphatic rings. The first-order valence-electron chi connectivity index (χ1n) is 8.93. The third-order valence-corrected chi connectivity index (χ3v) is 4.93. The number of rotatable bonds is 9. The van der Waals surface area contributed by atoms with Gasteiger partial charge in [0.2, 0.25) is 0 Å². The molecule has 0 unspecified atom stereocenters. The Morgan fingerprint density at radius 1 is 1.14 bits per heavy atom. The van der Waals surface area contributed by atoms with Crippen LogP contribution >= 0.6 is 11.3 Å². The van der Waals surface area contributed by atoms with Crippen LogP contribution < -0.4 is 9.47 Å². The van der Waals surface area contributed by atoms with Gasteiger partial charge in [0.1, 0.15) is 4.88 Å². The second-order valence-electron chi connectivity index (χ2n) is 6.30. The molecule has 2 rings (SSSR count). The first-order chi connectivity index (χ1) is 13.7. The van der Waals surface area contributed by atoms with E-state index in [1.54, 1.807) is 45.3 Å². The number of thiophene rings is 1. The number of carbonyl (C=O) groups is 3. The van der Waals surface area contributed by atoms with Crippen LogP contribution in [0, 0.1) is 0 Å². The Morgan fingerprint density at radius 3 is 2.41 bits per heavy atom. The summed E-state index contributed by atoms with van der Waals surface area (Å²) in [5, 5.41) is 8.95. The summed E-state index contributed by atoms with van der Waals surface area (Å²) in [7, 11) is 3.31. The molecular formula is C21H23NO6S. The number of hydrogen-bond donors (Lipinski definition) is 1. The minimum atomic E-state index is -1.06. The van der Waals surface area contributed by atoms with Gasteiger partial charge in [-0.15, -0.1) is 11.3 Å². The van der Waals surface area contributed by atoms with Gasteiger partial charge in [0, 0.05) is 14.1 Å². The molecule has 2 aromatic rings. The van der Waals surface area contributed by atoms with Gasteiger partial charge in [-0.1, -0.05) is 12.1 Å². The molecule has 1 heterocycles. The molecule has 0 saturated carbocycles. The zero-order valence-electron chi connectivity index (χ0n) is 16.7. The quantitative estimate of drug-likeness (QED) is 0.495. The molecule has 8 heteroatoms. The standard InChI is InChI=1S/C21H23NO6S/c1-5-27-17-12-14(7-9-16(17)28-13(2)20(24)22(3)4)6-8-15(23)18-10-11-19(29-18)21(25)26/h6-13H,5H2,1-4H3,(H,25,26)/b8-6+/t13-/m0/s1. The average molecular weight is 417 g/mol. The Labute approximate surface area is 173 Å². The number of nitrogens with zero attached hydrogens (tertiary/aromatic N) is 1. The highest BCUT2D eigenvalue weighted by Gasteiger charge is 2.18. The molecule has 1 atom stereocenters. The van der Waals surface area contributed by atoms with Gasteiger partial charge in [-0.2, -0.15) is 0 Å². The van der Waals surface area contributed by atoms with E-state index in [1.165, 1.54) is 23.1 Å². The highest BCUT2D eigenvalue weighted by Crippen LogP contribution is 2.30. The average Bonchev–Trinajstić information content (AvgIpc) is 3.18. The van der Waals surface area contributed by atoms with E-state index < -0.39 is 12.1 Å². The van der Waals surface area contributed by atoms with E-state index in [4.69, 9.17) is 14.6 Å². The maximum absolute atomic E-state index is 12.2. The molecular weight excluding hydrogens is 394 g/mol. The predicted octanol–water partition coefficient (Wildman–Crippen LogP) is 3.60. The van der Waals surface area contributed by atoms with Crippen molar-refractivity contribution in [2.75, 3.05) is 20.7 Å². The van der Waals surface area contributed by atoms with Crippen molar-refractivity contribution in [2.24, 2.45) is 0 Å². The van der Waals surface area contributed by atoms with E-state index in [-0.39, 0.29) is 16.6 Å². The summed E-state index contributed by atoms with van der Waals surface area (Å²) in [5.74, 6) is -0.617. The van der Waals surface area contributed by atoms with E-state index >= 15 is 0 Å². The van der Waals surface area contributed by atoms with Crippen LogP contribution in [0.4, 0.5) is 0 Å².